The summed E-state index contributed by atoms with van der Waals surface area (Å²) in [4.78, 5) is 24.4. The molecule has 0 spiro atoms. The minimum absolute atomic E-state index is 0. The molecule has 1 aliphatic heterocycles. The highest BCUT2D eigenvalue weighted by molar-refractivity contribution is 7.85. The minimum Gasteiger partial charge on any atom is -0.496 e. The van der Waals surface area contributed by atoms with Crippen LogP contribution in [0.1, 0.15) is 147 Å². The number of pyridine rings is 1. The molecule has 5 aromatic rings. The lowest BCUT2D eigenvalue weighted by atomic mass is 9.87. The molecular weight excluding hydrogens is 994 g/mol. The number of aryl methyl sites for hydroxylation is 2. The van der Waals surface area contributed by atoms with E-state index in [1.807, 2.05) is 153 Å². The molecule has 1 unspecified atom stereocenters. The highest BCUT2D eigenvalue weighted by atomic mass is 35.5. The molecule has 1 atom stereocenters. The molecule has 0 saturated carbocycles. The van der Waals surface area contributed by atoms with Crippen molar-refractivity contribution in [3.63, 3.8) is 0 Å². The number of piperidine rings is 1. The summed E-state index contributed by atoms with van der Waals surface area (Å²) in [6.45, 7) is 35.5. The van der Waals surface area contributed by atoms with Crippen molar-refractivity contribution in [2.45, 2.75) is 172 Å². The SMILES string of the molecule is C.CC.CC.CC(C)=C(Cl)/C=C(\C)OC(C)C.Cc1cc(Nc2ncc(Cl)c(Nc3ccccc3S(=O)C(C)C)n2)c(OC(C)C)cc1C1CCNCC1.Cc1cc([N+](=O)[O-])c(OC(C)C)cc1-c1ccncc1. The van der Waals surface area contributed by atoms with Gasteiger partial charge < -0.3 is 30.2 Å². The number of allylic oxidation sites excluding steroid dienone is 4. The van der Waals surface area contributed by atoms with Gasteiger partial charge in [-0.25, -0.2) is 4.98 Å². The molecular formula is C58H85Cl2N7O6S. The van der Waals surface area contributed by atoms with Crippen LogP contribution in [0.2, 0.25) is 5.02 Å². The van der Waals surface area contributed by atoms with Crippen LogP contribution < -0.4 is 25.4 Å². The van der Waals surface area contributed by atoms with E-state index in [2.05, 4.69) is 50.0 Å². The molecule has 408 valence electrons. The number of nitro groups is 1. The van der Waals surface area contributed by atoms with Crippen molar-refractivity contribution in [2.75, 3.05) is 23.7 Å². The van der Waals surface area contributed by atoms with Gasteiger partial charge in [-0.1, -0.05) is 89.9 Å². The molecule has 16 heteroatoms. The van der Waals surface area contributed by atoms with Crippen molar-refractivity contribution in [3.05, 3.63) is 134 Å². The van der Waals surface area contributed by atoms with Gasteiger partial charge in [0.25, 0.3) is 0 Å². The van der Waals surface area contributed by atoms with E-state index in [0.29, 0.717) is 39.0 Å². The number of benzene rings is 3. The minimum atomic E-state index is -1.17. The Morgan fingerprint density at radius 2 is 1.42 bits per heavy atom. The lowest BCUT2D eigenvalue weighted by Gasteiger charge is -2.26. The van der Waals surface area contributed by atoms with E-state index in [9.17, 15) is 14.3 Å². The molecule has 3 heterocycles. The highest BCUT2D eigenvalue weighted by Crippen LogP contribution is 2.39. The van der Waals surface area contributed by atoms with Gasteiger partial charge in [-0.05, 0) is 184 Å². The number of halogens is 2. The Balaban J connectivity index is 0.000000620. The summed E-state index contributed by atoms with van der Waals surface area (Å²) in [5, 5.41) is 22.3. The van der Waals surface area contributed by atoms with Crippen molar-refractivity contribution in [1.29, 1.82) is 0 Å². The number of nitrogens with zero attached hydrogens (tertiary/aromatic N) is 4. The summed E-state index contributed by atoms with van der Waals surface area (Å²) in [6.07, 6.45) is 9.13. The van der Waals surface area contributed by atoms with Gasteiger partial charge in [-0.2, -0.15) is 4.98 Å². The molecule has 1 aliphatic rings. The molecule has 0 radical (unpaired) electrons. The molecule has 1 fully saturated rings. The monoisotopic (exact) mass is 1080 g/mol. The second-order valence-corrected chi connectivity index (χ2v) is 20.7. The number of aromatic nitrogens is 3. The van der Waals surface area contributed by atoms with Crippen molar-refractivity contribution in [1.82, 2.24) is 20.3 Å². The Morgan fingerprint density at radius 1 is 0.824 bits per heavy atom. The van der Waals surface area contributed by atoms with Gasteiger partial charge in [0.2, 0.25) is 5.95 Å². The van der Waals surface area contributed by atoms with Gasteiger partial charge in [0.1, 0.15) is 10.8 Å². The fourth-order valence-corrected chi connectivity index (χ4v) is 8.57. The zero-order valence-corrected chi connectivity index (χ0v) is 48.5. The molecule has 13 nitrogen and oxygen atoms in total. The predicted octanol–water partition coefficient (Wildman–Crippen LogP) is 17.0. The average molecular weight is 1080 g/mol. The van der Waals surface area contributed by atoms with Crippen LogP contribution in [0.25, 0.3) is 11.1 Å². The van der Waals surface area contributed by atoms with Crippen LogP contribution in [0.5, 0.6) is 11.5 Å². The van der Waals surface area contributed by atoms with Crippen molar-refractivity contribution >= 4 is 62.8 Å². The second kappa shape index (κ2) is 34.1. The van der Waals surface area contributed by atoms with Crippen molar-refractivity contribution < 1.29 is 23.3 Å². The first-order valence-electron chi connectivity index (χ1n) is 25.3. The highest BCUT2D eigenvalue weighted by Gasteiger charge is 2.22. The largest absolute Gasteiger partial charge is 0.496 e. The summed E-state index contributed by atoms with van der Waals surface area (Å²) in [5.74, 6) is 3.26. The third-order valence-electron chi connectivity index (χ3n) is 10.4. The molecule has 0 aliphatic carbocycles. The first-order valence-corrected chi connectivity index (χ1v) is 27.2. The average Bonchev–Trinajstić information content (AvgIpc) is 3.35. The summed E-state index contributed by atoms with van der Waals surface area (Å²) < 4.78 is 30.0. The number of para-hydroxylation sites is 1. The lowest BCUT2D eigenvalue weighted by molar-refractivity contribution is -0.386. The number of ether oxygens (including phenoxy) is 3. The maximum Gasteiger partial charge on any atom is 0.311 e. The van der Waals surface area contributed by atoms with Crippen molar-refractivity contribution in [3.8, 4) is 22.6 Å². The van der Waals surface area contributed by atoms with Gasteiger partial charge in [0.05, 0.1) is 62.3 Å². The van der Waals surface area contributed by atoms with E-state index in [1.165, 1.54) is 11.1 Å². The van der Waals surface area contributed by atoms with E-state index >= 15 is 0 Å². The Kier molecular flexibility index (Phi) is 30.6. The number of hydrogen-bond donors (Lipinski definition) is 3. The molecule has 6 rings (SSSR count). The van der Waals surface area contributed by atoms with E-state index < -0.39 is 15.7 Å². The Morgan fingerprint density at radius 3 is 1.97 bits per heavy atom. The number of nitrogens with one attached hydrogen (secondary N) is 3. The predicted molar refractivity (Wildman–Crippen MR) is 314 cm³/mol. The number of hydrogen-bond acceptors (Lipinski definition) is 12. The van der Waals surface area contributed by atoms with Gasteiger partial charge in [0, 0.05) is 28.7 Å². The first kappa shape index (κ1) is 66.5. The first-order chi connectivity index (χ1) is 34.6. The van der Waals surface area contributed by atoms with Crippen LogP contribution in [0, 0.1) is 24.0 Å². The quantitative estimate of drug-likeness (QED) is 0.0372. The smallest absolute Gasteiger partial charge is 0.311 e. The molecule has 1 saturated heterocycles. The number of rotatable bonds is 16. The van der Waals surface area contributed by atoms with Gasteiger partial charge in [-0.3, -0.25) is 19.3 Å². The van der Waals surface area contributed by atoms with Crippen molar-refractivity contribution in [2.24, 2.45) is 0 Å². The summed E-state index contributed by atoms with van der Waals surface area (Å²) in [6, 6.07) is 18.8. The van der Waals surface area contributed by atoms with Gasteiger partial charge >= 0.3 is 5.69 Å². The molecule has 2 aromatic heterocycles. The van der Waals surface area contributed by atoms with Crippen LogP contribution in [0.3, 0.4) is 0 Å². The third-order valence-corrected chi connectivity index (χ3v) is 12.8. The van der Waals surface area contributed by atoms with E-state index in [1.54, 1.807) is 30.7 Å². The topological polar surface area (TPSA) is 163 Å². The van der Waals surface area contributed by atoms with E-state index in [0.717, 1.165) is 70.4 Å². The number of anilines is 4. The Bertz CT molecular complexity index is 2580. The lowest BCUT2D eigenvalue weighted by Crippen LogP contribution is -2.27. The van der Waals surface area contributed by atoms with Crippen LogP contribution >= 0.6 is 23.2 Å². The summed E-state index contributed by atoms with van der Waals surface area (Å²) in [7, 11) is -1.17. The molecule has 74 heavy (non-hydrogen) atoms. The summed E-state index contributed by atoms with van der Waals surface area (Å²) >= 11 is 12.4. The van der Waals surface area contributed by atoms with Crippen LogP contribution in [0.15, 0.2) is 107 Å². The number of nitro benzene ring substituents is 1. The Labute approximate surface area is 456 Å². The molecule has 0 amide bonds. The van der Waals surface area contributed by atoms with E-state index in [4.69, 9.17) is 37.4 Å². The molecule has 3 aromatic carbocycles. The standard InChI is InChI=1S/C28H36ClN5O2S.C15H16N2O3.C10H17ClO.2C2H6.CH4/c1-17(2)36-25-15-21(20-10-12-30-13-11-20)19(5)14-24(25)33-28-31-16-22(29)27(34-28)32-23-8-6-7-9-26(23)37(35)18(3)4;1-10(2)20-15-9-13(12-4-6-16-7-5-12)11(3)8-14(15)17(18)19;1-7(2)10(11)6-9(5)12-8(3)4;2*1-2;/h6-9,14-18,20,30H,10-13H2,1-5H3,(H2,31,32,33,34);4-10H,1-3H3;6,8H,1-5H3;2*1-2H3;1H4/b;;9-6+;;;. The van der Waals surface area contributed by atoms with Gasteiger partial charge in [0.15, 0.2) is 11.6 Å². The zero-order valence-electron chi connectivity index (χ0n) is 46.2. The van der Waals surface area contributed by atoms with Crippen LogP contribution in [0.4, 0.5) is 28.8 Å². The third kappa shape index (κ3) is 21.7. The fourth-order valence-electron chi connectivity index (χ4n) is 7.22. The second-order valence-electron chi connectivity index (χ2n) is 17.9. The molecule has 0 bridgehead atoms. The maximum atomic E-state index is 12.8. The molecule has 3 N–H and O–H groups in total. The van der Waals surface area contributed by atoms with E-state index in [-0.39, 0.29) is 36.7 Å². The fraction of sp³-hybridized carbons (Fsp3) is 0.466. The normalized spacial score (nSPS) is 12.5. The zero-order chi connectivity index (χ0) is 54.9. The Hall–Kier alpha value is -5.54. The maximum absolute atomic E-state index is 12.8. The summed E-state index contributed by atoms with van der Waals surface area (Å²) in [5.41, 5.74) is 7.84. The van der Waals surface area contributed by atoms with Crippen LogP contribution in [-0.2, 0) is 15.5 Å². The van der Waals surface area contributed by atoms with Crippen LogP contribution in [-0.4, -0.2) is 60.7 Å². The van der Waals surface area contributed by atoms with Gasteiger partial charge in [-0.15, -0.1) is 0 Å².